The van der Waals surface area contributed by atoms with E-state index in [-0.39, 0.29) is 11.3 Å². The van der Waals surface area contributed by atoms with Crippen LogP contribution in [0.2, 0.25) is 0 Å². The van der Waals surface area contributed by atoms with Gasteiger partial charge >= 0.3 is 11.9 Å². The molecule has 0 unspecified atom stereocenters. The van der Waals surface area contributed by atoms with Crippen molar-refractivity contribution < 1.29 is 19.1 Å². The summed E-state index contributed by atoms with van der Waals surface area (Å²) in [4.78, 5) is 25.4. The SMILES string of the molecule is COC(=O)c1c(-c2cccc(-c3ccn(C)n3)c2)nn(-c2ccccc2)c1C(=O)OC. The molecule has 4 rings (SSSR count). The first-order valence-electron chi connectivity index (χ1n) is 9.49. The molecule has 2 aromatic heterocycles. The highest BCUT2D eigenvalue weighted by Crippen LogP contribution is 2.31. The molecule has 0 saturated heterocycles. The second-order valence-electron chi connectivity index (χ2n) is 6.76. The molecule has 8 heteroatoms. The molecule has 0 amide bonds. The van der Waals surface area contributed by atoms with Crippen LogP contribution in [0, 0.1) is 0 Å². The molecule has 0 saturated carbocycles. The number of nitrogens with zero attached hydrogens (tertiary/aromatic N) is 4. The summed E-state index contributed by atoms with van der Waals surface area (Å²) in [5.74, 6) is -1.37. The second kappa shape index (κ2) is 8.27. The predicted molar refractivity (Wildman–Crippen MR) is 114 cm³/mol. The number of hydrogen-bond acceptors (Lipinski definition) is 6. The third-order valence-electron chi connectivity index (χ3n) is 4.80. The Hall–Kier alpha value is -4.20. The third kappa shape index (κ3) is 3.71. The largest absolute Gasteiger partial charge is 0.465 e. The summed E-state index contributed by atoms with van der Waals surface area (Å²) in [6.07, 6.45) is 1.85. The van der Waals surface area contributed by atoms with Crippen LogP contribution in [0.25, 0.3) is 28.2 Å². The molecular formula is C23H20N4O4. The van der Waals surface area contributed by atoms with E-state index in [1.54, 1.807) is 16.8 Å². The van der Waals surface area contributed by atoms with Gasteiger partial charge in [-0.25, -0.2) is 14.3 Å². The maximum absolute atomic E-state index is 12.8. The third-order valence-corrected chi connectivity index (χ3v) is 4.80. The Labute approximate surface area is 178 Å². The van der Waals surface area contributed by atoms with Gasteiger partial charge in [0.25, 0.3) is 0 Å². The Morgan fingerprint density at radius 1 is 0.839 bits per heavy atom. The Morgan fingerprint density at radius 3 is 2.19 bits per heavy atom. The van der Waals surface area contributed by atoms with Gasteiger partial charge in [-0.1, -0.05) is 36.4 Å². The molecule has 156 valence electrons. The van der Waals surface area contributed by atoms with E-state index < -0.39 is 11.9 Å². The van der Waals surface area contributed by atoms with Gasteiger partial charge in [-0.3, -0.25) is 4.68 Å². The fourth-order valence-electron chi connectivity index (χ4n) is 3.35. The number of methoxy groups -OCH3 is 2. The van der Waals surface area contributed by atoms with Gasteiger partial charge in [0, 0.05) is 24.4 Å². The summed E-state index contributed by atoms with van der Waals surface area (Å²) in [5, 5.41) is 9.04. The van der Waals surface area contributed by atoms with Gasteiger partial charge in [0.05, 0.1) is 25.6 Å². The first kappa shape index (κ1) is 20.1. The topological polar surface area (TPSA) is 88.2 Å². The van der Waals surface area contributed by atoms with Crippen molar-refractivity contribution in [1.82, 2.24) is 19.6 Å². The number of aromatic nitrogens is 4. The van der Waals surface area contributed by atoms with Crippen molar-refractivity contribution in [3.8, 4) is 28.2 Å². The van der Waals surface area contributed by atoms with E-state index in [0.29, 0.717) is 16.9 Å². The fourth-order valence-corrected chi connectivity index (χ4v) is 3.35. The van der Waals surface area contributed by atoms with Crippen LogP contribution in [0.3, 0.4) is 0 Å². The normalized spacial score (nSPS) is 10.7. The van der Waals surface area contributed by atoms with Gasteiger partial charge in [0.1, 0.15) is 11.3 Å². The van der Waals surface area contributed by atoms with E-state index in [0.717, 1.165) is 11.3 Å². The molecular weight excluding hydrogens is 396 g/mol. The van der Waals surface area contributed by atoms with E-state index >= 15 is 0 Å². The summed E-state index contributed by atoms with van der Waals surface area (Å²) in [6, 6.07) is 18.4. The molecule has 8 nitrogen and oxygen atoms in total. The number of ether oxygens (including phenoxy) is 2. The number of aryl methyl sites for hydroxylation is 1. The van der Waals surface area contributed by atoms with Crippen molar-refractivity contribution >= 4 is 11.9 Å². The Balaban J connectivity index is 1.97. The zero-order chi connectivity index (χ0) is 22.0. The second-order valence-corrected chi connectivity index (χ2v) is 6.76. The summed E-state index contributed by atoms with van der Waals surface area (Å²) in [5.41, 5.74) is 3.23. The Bertz CT molecular complexity index is 1260. The molecule has 0 aliphatic rings. The Morgan fingerprint density at radius 2 is 1.55 bits per heavy atom. The highest BCUT2D eigenvalue weighted by Gasteiger charge is 2.31. The molecule has 0 aliphatic carbocycles. The van der Waals surface area contributed by atoms with Crippen LogP contribution < -0.4 is 0 Å². The minimum Gasteiger partial charge on any atom is -0.465 e. The van der Waals surface area contributed by atoms with Gasteiger partial charge < -0.3 is 9.47 Å². The van der Waals surface area contributed by atoms with Gasteiger partial charge in [0.2, 0.25) is 0 Å². The average molecular weight is 416 g/mol. The highest BCUT2D eigenvalue weighted by atomic mass is 16.5. The number of para-hydroxylation sites is 1. The minimum absolute atomic E-state index is 0.00112. The summed E-state index contributed by atoms with van der Waals surface area (Å²) in [7, 11) is 4.36. The van der Waals surface area contributed by atoms with E-state index in [2.05, 4.69) is 10.2 Å². The van der Waals surface area contributed by atoms with E-state index in [1.807, 2.05) is 61.8 Å². The fraction of sp³-hybridized carbons (Fsp3) is 0.130. The standard InChI is InChI=1S/C23H20N4O4/c1-26-13-12-18(24-26)15-8-7-9-16(14-15)20-19(22(28)30-2)21(23(29)31-3)27(25-20)17-10-5-4-6-11-17/h4-14H,1-3H3. The number of rotatable bonds is 5. The minimum atomic E-state index is -0.691. The number of esters is 2. The highest BCUT2D eigenvalue weighted by molar-refractivity contribution is 6.07. The number of carbonyl (C=O) groups is 2. The monoisotopic (exact) mass is 416 g/mol. The molecule has 31 heavy (non-hydrogen) atoms. The van der Waals surface area contributed by atoms with Crippen LogP contribution in [-0.2, 0) is 16.5 Å². The zero-order valence-corrected chi connectivity index (χ0v) is 17.3. The van der Waals surface area contributed by atoms with E-state index in [9.17, 15) is 9.59 Å². The Kier molecular flexibility index (Phi) is 5.36. The van der Waals surface area contributed by atoms with Crippen molar-refractivity contribution in [3.05, 3.63) is 78.1 Å². The van der Waals surface area contributed by atoms with Crippen molar-refractivity contribution in [3.63, 3.8) is 0 Å². The van der Waals surface area contributed by atoms with Crippen molar-refractivity contribution in [1.29, 1.82) is 0 Å². The summed E-state index contributed by atoms with van der Waals surface area (Å²) >= 11 is 0. The lowest BCUT2D eigenvalue weighted by Crippen LogP contribution is -2.15. The van der Waals surface area contributed by atoms with Crippen LogP contribution in [0.15, 0.2) is 66.9 Å². The van der Waals surface area contributed by atoms with Gasteiger partial charge in [0.15, 0.2) is 5.69 Å². The van der Waals surface area contributed by atoms with E-state index in [1.165, 1.54) is 18.9 Å². The van der Waals surface area contributed by atoms with Gasteiger partial charge in [-0.2, -0.15) is 10.2 Å². The molecule has 0 N–H and O–H groups in total. The molecule has 0 bridgehead atoms. The molecule has 0 fully saturated rings. The van der Waals surface area contributed by atoms with Crippen LogP contribution in [-0.4, -0.2) is 45.7 Å². The summed E-state index contributed by atoms with van der Waals surface area (Å²) < 4.78 is 13.1. The molecule has 0 aliphatic heterocycles. The lowest BCUT2D eigenvalue weighted by atomic mass is 10.0. The van der Waals surface area contributed by atoms with Gasteiger partial charge in [-0.15, -0.1) is 0 Å². The molecule has 0 spiro atoms. The quantitative estimate of drug-likeness (QED) is 0.463. The van der Waals surface area contributed by atoms with E-state index in [4.69, 9.17) is 9.47 Å². The summed E-state index contributed by atoms with van der Waals surface area (Å²) in [6.45, 7) is 0. The zero-order valence-electron chi connectivity index (χ0n) is 17.3. The van der Waals surface area contributed by atoms with Crippen LogP contribution in [0.4, 0.5) is 0 Å². The molecule has 0 radical (unpaired) electrons. The average Bonchev–Trinajstić information content (AvgIpc) is 3.43. The lowest BCUT2D eigenvalue weighted by molar-refractivity contribution is 0.0549. The van der Waals surface area contributed by atoms with Crippen LogP contribution in [0.1, 0.15) is 20.8 Å². The number of hydrogen-bond donors (Lipinski definition) is 0. The lowest BCUT2D eigenvalue weighted by Gasteiger charge is -2.07. The molecule has 4 aromatic rings. The number of benzene rings is 2. The van der Waals surface area contributed by atoms with Crippen molar-refractivity contribution in [2.24, 2.45) is 7.05 Å². The van der Waals surface area contributed by atoms with Crippen LogP contribution >= 0.6 is 0 Å². The van der Waals surface area contributed by atoms with Crippen molar-refractivity contribution in [2.45, 2.75) is 0 Å². The number of carbonyl (C=O) groups excluding carboxylic acids is 2. The van der Waals surface area contributed by atoms with Gasteiger partial charge in [-0.05, 0) is 24.3 Å². The predicted octanol–water partition coefficient (Wildman–Crippen LogP) is 3.51. The van der Waals surface area contributed by atoms with Crippen LogP contribution in [0.5, 0.6) is 0 Å². The molecule has 0 atom stereocenters. The maximum Gasteiger partial charge on any atom is 0.357 e. The van der Waals surface area contributed by atoms with Crippen molar-refractivity contribution in [2.75, 3.05) is 14.2 Å². The molecule has 2 aromatic carbocycles. The first-order chi connectivity index (χ1) is 15.0. The smallest absolute Gasteiger partial charge is 0.357 e. The maximum atomic E-state index is 12.8. The first-order valence-corrected chi connectivity index (χ1v) is 9.49. The molecule has 2 heterocycles.